The van der Waals surface area contributed by atoms with Crippen molar-refractivity contribution in [2.24, 2.45) is 0 Å². The van der Waals surface area contributed by atoms with Gasteiger partial charge in [-0.15, -0.1) is 0 Å². The molecule has 0 radical (unpaired) electrons. The molecule has 0 aliphatic rings. The van der Waals surface area contributed by atoms with E-state index < -0.39 is 14.2 Å². The smallest absolute Gasteiger partial charge is 0.412 e. The first-order valence-electron chi connectivity index (χ1n) is 14.6. The number of carbonyl (C=O) groups is 1. The van der Waals surface area contributed by atoms with Crippen molar-refractivity contribution < 1.29 is 19.0 Å². The lowest BCUT2D eigenvalue weighted by atomic mass is 10.0. The first-order chi connectivity index (χ1) is 21.3. The van der Waals surface area contributed by atoms with Crippen LogP contribution in [0.1, 0.15) is 11.1 Å². The van der Waals surface area contributed by atoms with Crippen LogP contribution in [0.2, 0.25) is 25.7 Å². The van der Waals surface area contributed by atoms with E-state index in [-0.39, 0.29) is 0 Å². The zero-order chi connectivity index (χ0) is 30.8. The standard InChI is InChI=1S/C34H37N5O4Si/c1-44(2,3)17-16-41-25-39-33(37-24-38-39)29-18-28(21-35-22-29)31-19-30(43-34(40)36-20-26-10-6-4-7-11-26)14-15-32(31)42-23-27-12-8-5-9-13-27/h4-15,18-19,21-22,24H,16-17,20,23,25H2,1-3H3,(H,36,40). The molecule has 226 valence electrons. The van der Waals surface area contributed by atoms with Gasteiger partial charge in [0.1, 0.15) is 31.2 Å². The average Bonchev–Trinajstić information content (AvgIpc) is 3.51. The van der Waals surface area contributed by atoms with Gasteiger partial charge in [-0.25, -0.2) is 14.5 Å². The third-order valence-electron chi connectivity index (χ3n) is 6.81. The number of nitrogens with zero attached hydrogens (tertiary/aromatic N) is 4. The molecular weight excluding hydrogens is 570 g/mol. The highest BCUT2D eigenvalue weighted by atomic mass is 28.3. The van der Waals surface area contributed by atoms with Crippen LogP contribution in [0, 0.1) is 0 Å². The molecule has 0 atom stereocenters. The monoisotopic (exact) mass is 607 g/mol. The van der Waals surface area contributed by atoms with Crippen LogP contribution in [0.3, 0.4) is 0 Å². The van der Waals surface area contributed by atoms with Gasteiger partial charge in [0.15, 0.2) is 5.82 Å². The Morgan fingerprint density at radius 3 is 2.36 bits per heavy atom. The van der Waals surface area contributed by atoms with Crippen molar-refractivity contribution in [1.29, 1.82) is 0 Å². The third-order valence-corrected chi connectivity index (χ3v) is 8.52. The van der Waals surface area contributed by atoms with Crippen LogP contribution in [0.4, 0.5) is 4.79 Å². The van der Waals surface area contributed by atoms with E-state index in [2.05, 4.69) is 40.0 Å². The molecule has 10 heteroatoms. The van der Waals surface area contributed by atoms with Gasteiger partial charge in [-0.2, -0.15) is 5.10 Å². The lowest BCUT2D eigenvalue weighted by Gasteiger charge is -2.16. The van der Waals surface area contributed by atoms with Crippen LogP contribution >= 0.6 is 0 Å². The minimum Gasteiger partial charge on any atom is -0.488 e. The summed E-state index contributed by atoms with van der Waals surface area (Å²) < 4.78 is 19.6. The zero-order valence-electron chi connectivity index (χ0n) is 25.3. The van der Waals surface area contributed by atoms with Gasteiger partial charge in [-0.3, -0.25) is 4.98 Å². The molecule has 3 aromatic carbocycles. The Bertz CT molecular complexity index is 1660. The van der Waals surface area contributed by atoms with Gasteiger partial charge in [0.05, 0.1) is 0 Å². The third kappa shape index (κ3) is 8.85. The molecule has 2 heterocycles. The van der Waals surface area contributed by atoms with E-state index in [1.165, 1.54) is 6.33 Å². The van der Waals surface area contributed by atoms with Crippen molar-refractivity contribution >= 4 is 14.2 Å². The molecule has 5 aromatic rings. The van der Waals surface area contributed by atoms with Crippen LogP contribution in [0.25, 0.3) is 22.5 Å². The number of pyridine rings is 1. The lowest BCUT2D eigenvalue weighted by molar-refractivity contribution is 0.0796. The fraction of sp³-hybridized carbons (Fsp3) is 0.235. The molecule has 0 aliphatic carbocycles. The molecule has 0 bridgehead atoms. The van der Waals surface area contributed by atoms with Gasteiger partial charge < -0.3 is 19.5 Å². The summed E-state index contributed by atoms with van der Waals surface area (Å²) in [6, 6.07) is 28.0. The predicted molar refractivity (Wildman–Crippen MR) is 173 cm³/mol. The number of carbonyl (C=O) groups excluding carboxylic acids is 1. The van der Waals surface area contributed by atoms with E-state index in [9.17, 15) is 4.79 Å². The molecule has 0 aliphatic heterocycles. The fourth-order valence-electron chi connectivity index (χ4n) is 4.39. The molecule has 0 saturated carbocycles. The largest absolute Gasteiger partial charge is 0.488 e. The van der Waals surface area contributed by atoms with Crippen molar-refractivity contribution in [2.45, 2.75) is 45.6 Å². The van der Waals surface area contributed by atoms with Crippen molar-refractivity contribution in [1.82, 2.24) is 25.1 Å². The quantitative estimate of drug-likeness (QED) is 0.112. The maximum Gasteiger partial charge on any atom is 0.412 e. The Kier molecular flexibility index (Phi) is 10.2. The minimum absolute atomic E-state index is 0.302. The van der Waals surface area contributed by atoms with Gasteiger partial charge in [-0.05, 0) is 41.4 Å². The van der Waals surface area contributed by atoms with Gasteiger partial charge >= 0.3 is 6.09 Å². The molecule has 1 N–H and O–H groups in total. The first kappa shape index (κ1) is 30.6. The summed E-state index contributed by atoms with van der Waals surface area (Å²) in [5.74, 6) is 1.65. The number of aromatic nitrogens is 4. The van der Waals surface area contributed by atoms with Crippen molar-refractivity contribution in [3.8, 4) is 34.0 Å². The second-order valence-corrected chi connectivity index (χ2v) is 17.2. The molecule has 0 saturated heterocycles. The maximum atomic E-state index is 12.6. The van der Waals surface area contributed by atoms with E-state index in [1.54, 1.807) is 35.3 Å². The molecule has 2 aromatic heterocycles. The van der Waals surface area contributed by atoms with Crippen LogP contribution in [-0.4, -0.2) is 40.5 Å². The molecule has 1 amide bonds. The second-order valence-electron chi connectivity index (χ2n) is 11.6. The zero-order valence-corrected chi connectivity index (χ0v) is 26.3. The molecule has 0 fully saturated rings. The number of ether oxygens (including phenoxy) is 3. The summed E-state index contributed by atoms with van der Waals surface area (Å²) in [7, 11) is -1.20. The summed E-state index contributed by atoms with van der Waals surface area (Å²) in [6.07, 6.45) is 4.46. The van der Waals surface area contributed by atoms with Gasteiger partial charge in [0, 0.05) is 50.3 Å². The highest BCUT2D eigenvalue weighted by molar-refractivity contribution is 6.76. The number of benzene rings is 3. The average molecular weight is 608 g/mol. The Balaban J connectivity index is 1.37. The number of amides is 1. The summed E-state index contributed by atoms with van der Waals surface area (Å²) in [6.45, 7) is 8.69. The van der Waals surface area contributed by atoms with E-state index >= 15 is 0 Å². The fourth-order valence-corrected chi connectivity index (χ4v) is 5.15. The van der Waals surface area contributed by atoms with Crippen LogP contribution < -0.4 is 14.8 Å². The number of nitrogens with one attached hydrogen (secondary N) is 1. The normalized spacial score (nSPS) is 11.2. The van der Waals surface area contributed by atoms with E-state index in [1.807, 2.05) is 66.7 Å². The predicted octanol–water partition coefficient (Wildman–Crippen LogP) is 7.19. The number of rotatable bonds is 13. The molecule has 0 spiro atoms. The summed E-state index contributed by atoms with van der Waals surface area (Å²) in [5, 5.41) is 7.17. The Labute approximate surface area is 258 Å². The van der Waals surface area contributed by atoms with Crippen LogP contribution in [0.5, 0.6) is 11.5 Å². The lowest BCUT2D eigenvalue weighted by Crippen LogP contribution is -2.26. The maximum absolute atomic E-state index is 12.6. The highest BCUT2D eigenvalue weighted by Crippen LogP contribution is 2.35. The Hall–Kier alpha value is -4.80. The van der Waals surface area contributed by atoms with E-state index in [4.69, 9.17) is 14.2 Å². The second kappa shape index (κ2) is 14.6. The molecule has 9 nitrogen and oxygen atoms in total. The minimum atomic E-state index is -1.20. The molecule has 0 unspecified atom stereocenters. The Morgan fingerprint density at radius 2 is 1.61 bits per heavy atom. The molecule has 44 heavy (non-hydrogen) atoms. The molecule has 5 rings (SSSR count). The summed E-state index contributed by atoms with van der Waals surface area (Å²) >= 11 is 0. The Morgan fingerprint density at radius 1 is 0.886 bits per heavy atom. The van der Waals surface area contributed by atoms with Crippen molar-refractivity contribution in [3.05, 3.63) is 115 Å². The molecular formula is C34H37N5O4Si. The van der Waals surface area contributed by atoms with Gasteiger partial charge in [0.25, 0.3) is 0 Å². The topological polar surface area (TPSA) is 100 Å². The number of hydrogen-bond donors (Lipinski definition) is 1. The van der Waals surface area contributed by atoms with E-state index in [0.29, 0.717) is 43.8 Å². The van der Waals surface area contributed by atoms with Crippen LogP contribution in [-0.2, 0) is 24.6 Å². The van der Waals surface area contributed by atoms with Gasteiger partial charge in [-0.1, -0.05) is 80.3 Å². The first-order valence-corrected chi connectivity index (χ1v) is 18.3. The summed E-state index contributed by atoms with van der Waals surface area (Å²) in [5.41, 5.74) is 4.28. The number of hydrogen-bond acceptors (Lipinski definition) is 7. The van der Waals surface area contributed by atoms with Gasteiger partial charge in [0.2, 0.25) is 0 Å². The van der Waals surface area contributed by atoms with Crippen molar-refractivity contribution in [2.75, 3.05) is 6.61 Å². The van der Waals surface area contributed by atoms with E-state index in [0.717, 1.165) is 33.9 Å². The SMILES string of the molecule is C[Si](C)(C)CCOCn1ncnc1-c1cncc(-c2cc(OC(=O)NCc3ccccc3)ccc2OCc2ccccc2)c1. The summed E-state index contributed by atoms with van der Waals surface area (Å²) in [4.78, 5) is 21.6. The highest BCUT2D eigenvalue weighted by Gasteiger charge is 2.16. The van der Waals surface area contributed by atoms with Crippen LogP contribution in [0.15, 0.2) is 104 Å². The van der Waals surface area contributed by atoms with Crippen molar-refractivity contribution in [3.63, 3.8) is 0 Å².